The molecular formula is C13H16BrClN2O2S2. The summed E-state index contributed by atoms with van der Waals surface area (Å²) in [6, 6.07) is 3.61. The molecule has 0 amide bonds. The minimum absolute atomic E-state index is 0.135. The van der Waals surface area contributed by atoms with Crippen molar-refractivity contribution in [3.8, 4) is 6.07 Å². The zero-order chi connectivity index (χ0) is 15.5. The fourth-order valence-electron chi connectivity index (χ4n) is 2.51. The summed E-state index contributed by atoms with van der Waals surface area (Å²) >= 11 is 10.2. The van der Waals surface area contributed by atoms with E-state index in [1.54, 1.807) is 0 Å². The van der Waals surface area contributed by atoms with Gasteiger partial charge >= 0.3 is 0 Å². The third-order valence-corrected chi connectivity index (χ3v) is 8.12. The van der Waals surface area contributed by atoms with Crippen LogP contribution in [0.25, 0.3) is 0 Å². The van der Waals surface area contributed by atoms with Gasteiger partial charge in [0, 0.05) is 0 Å². The minimum Gasteiger partial charge on any atom is -0.206 e. The van der Waals surface area contributed by atoms with E-state index in [4.69, 9.17) is 11.6 Å². The van der Waals surface area contributed by atoms with Gasteiger partial charge in [0.1, 0.15) is 9.75 Å². The molecule has 1 aromatic rings. The molecule has 116 valence electrons. The van der Waals surface area contributed by atoms with Crippen LogP contribution >= 0.6 is 38.9 Å². The van der Waals surface area contributed by atoms with E-state index in [0.29, 0.717) is 21.7 Å². The first-order valence-corrected chi connectivity index (χ1v) is 10.3. The maximum Gasteiger partial charge on any atom is 0.251 e. The van der Waals surface area contributed by atoms with E-state index >= 15 is 0 Å². The molecule has 8 heteroatoms. The van der Waals surface area contributed by atoms with Crippen molar-refractivity contribution in [2.24, 2.45) is 0 Å². The summed E-state index contributed by atoms with van der Waals surface area (Å²) < 4.78 is 28.3. The fraction of sp³-hybridized carbons (Fsp3) is 0.615. The summed E-state index contributed by atoms with van der Waals surface area (Å²) in [6.07, 6.45) is 6.09. The molecule has 21 heavy (non-hydrogen) atoms. The Morgan fingerprint density at radius 1 is 1.29 bits per heavy atom. The average Bonchev–Trinajstić information content (AvgIpc) is 2.74. The Bertz CT molecular complexity index is 624. The lowest BCUT2D eigenvalue weighted by Gasteiger charge is -2.29. The van der Waals surface area contributed by atoms with E-state index in [-0.39, 0.29) is 4.21 Å². The number of hydrogen-bond donors (Lipinski definition) is 1. The second-order valence-electron chi connectivity index (χ2n) is 5.25. The molecule has 1 aromatic heterocycles. The maximum atomic E-state index is 12.5. The van der Waals surface area contributed by atoms with Gasteiger partial charge in [-0.3, -0.25) is 0 Å². The highest BCUT2D eigenvalue weighted by Gasteiger charge is 2.36. The molecule has 1 fully saturated rings. The second kappa shape index (κ2) is 6.97. The van der Waals surface area contributed by atoms with Gasteiger partial charge < -0.3 is 0 Å². The molecule has 0 aromatic carbocycles. The Labute approximate surface area is 142 Å². The summed E-state index contributed by atoms with van der Waals surface area (Å²) in [6.45, 7) is 0. The predicted molar refractivity (Wildman–Crippen MR) is 88.0 cm³/mol. The second-order valence-corrected chi connectivity index (χ2v) is 9.94. The van der Waals surface area contributed by atoms with Crippen LogP contribution < -0.4 is 4.72 Å². The van der Waals surface area contributed by atoms with E-state index in [2.05, 4.69) is 26.7 Å². The van der Waals surface area contributed by atoms with Gasteiger partial charge in [0.2, 0.25) is 0 Å². The Morgan fingerprint density at radius 2 is 1.86 bits per heavy atom. The Balaban J connectivity index is 2.25. The van der Waals surface area contributed by atoms with Crippen LogP contribution in [0.1, 0.15) is 44.9 Å². The number of thiophene rings is 1. The van der Waals surface area contributed by atoms with E-state index in [0.717, 1.165) is 43.4 Å². The van der Waals surface area contributed by atoms with E-state index in [1.807, 2.05) is 0 Å². The fourth-order valence-corrected chi connectivity index (χ4v) is 6.29. The van der Waals surface area contributed by atoms with Crippen molar-refractivity contribution in [1.29, 1.82) is 5.26 Å². The largest absolute Gasteiger partial charge is 0.251 e. The van der Waals surface area contributed by atoms with Gasteiger partial charge in [-0.15, -0.1) is 11.3 Å². The first-order chi connectivity index (χ1) is 9.88. The lowest BCUT2D eigenvalue weighted by Crippen LogP contribution is -2.47. The van der Waals surface area contributed by atoms with Crippen LogP contribution in [0.2, 0.25) is 5.02 Å². The van der Waals surface area contributed by atoms with Gasteiger partial charge in [-0.05, 0) is 34.8 Å². The molecule has 2 rings (SSSR count). The molecule has 1 aliphatic carbocycles. The van der Waals surface area contributed by atoms with Crippen LogP contribution in [-0.2, 0) is 10.0 Å². The number of nitrogens with zero attached hydrogens (tertiary/aromatic N) is 1. The van der Waals surface area contributed by atoms with E-state index < -0.39 is 15.6 Å². The lowest BCUT2D eigenvalue weighted by atomic mass is 9.86. The van der Waals surface area contributed by atoms with Crippen molar-refractivity contribution in [3.05, 3.63) is 14.9 Å². The number of halogens is 2. The van der Waals surface area contributed by atoms with Gasteiger partial charge in [-0.2, -0.15) is 9.98 Å². The molecular weight excluding hydrogens is 396 g/mol. The highest BCUT2D eigenvalue weighted by molar-refractivity contribution is 9.11. The van der Waals surface area contributed by atoms with Gasteiger partial charge in [0.15, 0.2) is 0 Å². The molecule has 0 radical (unpaired) electrons. The number of nitrogens with one attached hydrogen (secondary N) is 1. The lowest BCUT2D eigenvalue weighted by molar-refractivity contribution is 0.357. The molecule has 0 saturated heterocycles. The van der Waals surface area contributed by atoms with Crippen molar-refractivity contribution >= 4 is 48.9 Å². The normalized spacial score (nSPS) is 19.5. The summed E-state index contributed by atoms with van der Waals surface area (Å²) in [4.78, 5) is 0. The number of hydrogen-bond acceptors (Lipinski definition) is 4. The molecule has 1 N–H and O–H groups in total. The van der Waals surface area contributed by atoms with Crippen molar-refractivity contribution in [3.63, 3.8) is 0 Å². The highest BCUT2D eigenvalue weighted by Crippen LogP contribution is 2.36. The molecule has 0 atom stereocenters. The van der Waals surface area contributed by atoms with Crippen molar-refractivity contribution in [2.75, 3.05) is 0 Å². The van der Waals surface area contributed by atoms with Crippen LogP contribution in [0.5, 0.6) is 0 Å². The highest BCUT2D eigenvalue weighted by atomic mass is 79.9. The molecule has 0 aliphatic heterocycles. The third-order valence-electron chi connectivity index (χ3n) is 3.64. The van der Waals surface area contributed by atoms with Crippen LogP contribution in [-0.4, -0.2) is 14.0 Å². The monoisotopic (exact) mass is 410 g/mol. The van der Waals surface area contributed by atoms with Gasteiger partial charge in [-0.25, -0.2) is 8.42 Å². The average molecular weight is 412 g/mol. The number of sulfonamides is 1. The molecule has 0 bridgehead atoms. The zero-order valence-electron chi connectivity index (χ0n) is 11.4. The molecule has 0 unspecified atom stereocenters. The molecule has 4 nitrogen and oxygen atoms in total. The predicted octanol–water partition coefficient (Wildman–Crippen LogP) is 4.45. The van der Waals surface area contributed by atoms with Crippen LogP contribution in [0, 0.1) is 11.3 Å². The molecule has 0 spiro atoms. The van der Waals surface area contributed by atoms with Gasteiger partial charge in [0.05, 0.1) is 14.9 Å². The van der Waals surface area contributed by atoms with Gasteiger partial charge in [0.25, 0.3) is 10.0 Å². The summed E-state index contributed by atoms with van der Waals surface area (Å²) in [5.41, 5.74) is -0.998. The van der Waals surface area contributed by atoms with Crippen molar-refractivity contribution in [2.45, 2.75) is 54.7 Å². The Hall–Kier alpha value is -0.130. The minimum atomic E-state index is -3.73. The van der Waals surface area contributed by atoms with E-state index in [1.165, 1.54) is 6.07 Å². The SMILES string of the molecule is N#CC1(NS(=O)(=O)c2cc(Cl)c(Br)s2)CCCCCCC1. The summed E-state index contributed by atoms with van der Waals surface area (Å²) in [7, 11) is -3.73. The molecule has 1 aliphatic rings. The molecule has 1 heterocycles. The van der Waals surface area contributed by atoms with Crippen molar-refractivity contribution < 1.29 is 8.42 Å². The van der Waals surface area contributed by atoms with Crippen LogP contribution in [0.15, 0.2) is 14.1 Å². The zero-order valence-corrected chi connectivity index (χ0v) is 15.3. The molecule has 1 saturated carbocycles. The first kappa shape index (κ1) is 17.2. The van der Waals surface area contributed by atoms with E-state index in [9.17, 15) is 13.7 Å². The number of rotatable bonds is 3. The Morgan fingerprint density at radius 3 is 2.33 bits per heavy atom. The van der Waals surface area contributed by atoms with Crippen LogP contribution in [0.4, 0.5) is 0 Å². The quantitative estimate of drug-likeness (QED) is 0.799. The third kappa shape index (κ3) is 4.20. The summed E-state index contributed by atoms with van der Waals surface area (Å²) in [5.74, 6) is 0. The summed E-state index contributed by atoms with van der Waals surface area (Å²) in [5, 5.41) is 9.88. The topological polar surface area (TPSA) is 70.0 Å². The smallest absolute Gasteiger partial charge is 0.206 e. The van der Waals surface area contributed by atoms with Crippen molar-refractivity contribution in [1.82, 2.24) is 4.72 Å². The standard InChI is InChI=1S/C13H16BrClN2O2S2/c14-12-10(15)8-11(20-12)21(18,19)17-13(9-16)6-4-2-1-3-5-7-13/h8,17H,1-7H2. The number of nitriles is 1. The van der Waals surface area contributed by atoms with Crippen LogP contribution in [0.3, 0.4) is 0 Å². The van der Waals surface area contributed by atoms with Gasteiger partial charge in [-0.1, -0.05) is 43.7 Å². The maximum absolute atomic E-state index is 12.5. The Kier molecular flexibility index (Phi) is 5.71. The first-order valence-electron chi connectivity index (χ1n) is 6.79.